The summed E-state index contributed by atoms with van der Waals surface area (Å²) in [5.74, 6) is 1.04. The maximum atomic E-state index is 12.0. The van der Waals surface area contributed by atoms with Gasteiger partial charge in [-0.15, -0.1) is 0 Å². The Balaban J connectivity index is 1.98. The maximum Gasteiger partial charge on any atom is 0.224 e. The molecule has 0 fully saturated rings. The largest absolute Gasteiger partial charge is 0.506 e. The van der Waals surface area contributed by atoms with E-state index in [1.165, 1.54) is 12.1 Å². The number of halogens is 1. The van der Waals surface area contributed by atoms with Gasteiger partial charge in [0, 0.05) is 11.4 Å². The predicted octanol–water partition coefficient (Wildman–Crippen LogP) is 3.63. The van der Waals surface area contributed by atoms with E-state index in [9.17, 15) is 9.90 Å². The van der Waals surface area contributed by atoms with Crippen molar-refractivity contribution in [3.8, 4) is 17.2 Å². The van der Waals surface area contributed by atoms with Crippen molar-refractivity contribution in [3.63, 3.8) is 0 Å². The van der Waals surface area contributed by atoms with Gasteiger partial charge in [-0.3, -0.25) is 4.79 Å². The molecule has 1 amide bonds. The molecule has 0 bridgehead atoms. The number of hydrogen-bond donors (Lipinski definition) is 2. The van der Waals surface area contributed by atoms with Crippen LogP contribution >= 0.6 is 11.6 Å². The summed E-state index contributed by atoms with van der Waals surface area (Å²) < 4.78 is 10.4. The molecule has 0 aromatic heterocycles. The van der Waals surface area contributed by atoms with Crippen molar-refractivity contribution in [1.29, 1.82) is 0 Å². The average molecular weight is 336 g/mol. The highest BCUT2D eigenvalue weighted by Gasteiger charge is 2.09. The third-order valence-electron chi connectivity index (χ3n) is 3.32. The first-order valence-electron chi connectivity index (χ1n) is 7.02. The van der Waals surface area contributed by atoms with Crippen molar-refractivity contribution in [2.45, 2.75) is 12.8 Å². The number of methoxy groups -OCH3 is 2. The van der Waals surface area contributed by atoms with Gasteiger partial charge in [-0.1, -0.05) is 17.7 Å². The number of nitrogens with one attached hydrogen (secondary N) is 1. The van der Waals surface area contributed by atoms with Crippen molar-refractivity contribution in [1.82, 2.24) is 0 Å². The van der Waals surface area contributed by atoms with Crippen LogP contribution in [-0.2, 0) is 11.2 Å². The number of phenolic OH excluding ortho intramolecular Hbond substituents is 1. The summed E-state index contributed by atoms with van der Waals surface area (Å²) in [6.07, 6.45) is 0.801. The highest BCUT2D eigenvalue weighted by Crippen LogP contribution is 2.29. The molecule has 122 valence electrons. The van der Waals surface area contributed by atoms with E-state index in [0.717, 1.165) is 5.56 Å². The number of benzene rings is 2. The van der Waals surface area contributed by atoms with Crippen LogP contribution in [0, 0.1) is 0 Å². The molecule has 0 saturated heterocycles. The fourth-order valence-electron chi connectivity index (χ4n) is 2.12. The Morgan fingerprint density at radius 1 is 1.13 bits per heavy atom. The number of ether oxygens (including phenoxy) is 2. The molecule has 0 aliphatic rings. The Labute approximate surface area is 139 Å². The second-order valence-corrected chi connectivity index (χ2v) is 5.34. The van der Waals surface area contributed by atoms with Crippen LogP contribution < -0.4 is 14.8 Å². The van der Waals surface area contributed by atoms with Gasteiger partial charge in [-0.25, -0.2) is 0 Å². The number of carbonyl (C=O) groups is 1. The van der Waals surface area contributed by atoms with Crippen molar-refractivity contribution >= 4 is 23.2 Å². The third kappa shape index (κ3) is 4.53. The van der Waals surface area contributed by atoms with Crippen LogP contribution in [0.4, 0.5) is 5.69 Å². The normalized spacial score (nSPS) is 10.2. The van der Waals surface area contributed by atoms with Crippen LogP contribution in [0.2, 0.25) is 5.02 Å². The van der Waals surface area contributed by atoms with E-state index in [4.69, 9.17) is 21.1 Å². The van der Waals surface area contributed by atoms with Crippen LogP contribution in [0.15, 0.2) is 36.4 Å². The minimum atomic E-state index is -0.211. The van der Waals surface area contributed by atoms with E-state index in [-0.39, 0.29) is 18.1 Å². The molecule has 0 spiro atoms. The van der Waals surface area contributed by atoms with Crippen LogP contribution in [0.5, 0.6) is 17.2 Å². The Hall–Kier alpha value is -2.40. The molecule has 2 N–H and O–H groups in total. The molecular weight excluding hydrogens is 318 g/mol. The van der Waals surface area contributed by atoms with E-state index in [1.807, 2.05) is 12.1 Å². The monoisotopic (exact) mass is 335 g/mol. The Morgan fingerprint density at radius 3 is 2.57 bits per heavy atom. The van der Waals surface area contributed by atoms with Gasteiger partial charge in [0.25, 0.3) is 0 Å². The standard InChI is InChI=1S/C17H18ClNO4/c1-22-15-7-3-11(9-16(15)23-2)4-8-17(21)19-13-10-12(18)5-6-14(13)20/h3,5-7,9-10,20H,4,8H2,1-2H3,(H,19,21). The Morgan fingerprint density at radius 2 is 1.87 bits per heavy atom. The van der Waals surface area contributed by atoms with E-state index in [1.54, 1.807) is 26.4 Å². The number of amides is 1. The van der Waals surface area contributed by atoms with Gasteiger partial charge in [0.15, 0.2) is 11.5 Å². The van der Waals surface area contributed by atoms with Gasteiger partial charge in [-0.05, 0) is 42.3 Å². The molecule has 0 unspecified atom stereocenters. The van der Waals surface area contributed by atoms with Crippen LogP contribution in [0.1, 0.15) is 12.0 Å². The van der Waals surface area contributed by atoms with Crippen LogP contribution in [-0.4, -0.2) is 25.2 Å². The maximum absolute atomic E-state index is 12.0. The van der Waals surface area contributed by atoms with Crippen molar-refractivity contribution < 1.29 is 19.4 Å². The van der Waals surface area contributed by atoms with Gasteiger partial charge in [0.2, 0.25) is 5.91 Å². The molecule has 0 atom stereocenters. The molecule has 5 nitrogen and oxygen atoms in total. The smallest absolute Gasteiger partial charge is 0.224 e. The van der Waals surface area contributed by atoms with E-state index >= 15 is 0 Å². The van der Waals surface area contributed by atoms with Crippen molar-refractivity contribution in [3.05, 3.63) is 47.0 Å². The number of hydrogen-bond acceptors (Lipinski definition) is 4. The zero-order valence-electron chi connectivity index (χ0n) is 12.9. The van der Waals surface area contributed by atoms with E-state index < -0.39 is 0 Å². The number of rotatable bonds is 6. The van der Waals surface area contributed by atoms with Gasteiger partial charge < -0.3 is 19.9 Å². The number of aromatic hydroxyl groups is 1. The van der Waals surface area contributed by atoms with Crippen molar-refractivity contribution in [2.24, 2.45) is 0 Å². The van der Waals surface area contributed by atoms with E-state index in [2.05, 4.69) is 5.32 Å². The van der Waals surface area contributed by atoms with Gasteiger partial charge in [0.1, 0.15) is 5.75 Å². The highest BCUT2D eigenvalue weighted by atomic mass is 35.5. The summed E-state index contributed by atoms with van der Waals surface area (Å²) in [6, 6.07) is 10.0. The molecule has 0 saturated carbocycles. The average Bonchev–Trinajstić information content (AvgIpc) is 2.56. The summed E-state index contributed by atoms with van der Waals surface area (Å²) in [4.78, 5) is 12.0. The zero-order valence-corrected chi connectivity index (χ0v) is 13.7. The first-order chi connectivity index (χ1) is 11.0. The molecule has 0 aliphatic heterocycles. The number of aryl methyl sites for hydroxylation is 1. The van der Waals surface area contributed by atoms with Crippen LogP contribution in [0.3, 0.4) is 0 Å². The molecule has 2 rings (SSSR count). The zero-order chi connectivity index (χ0) is 16.8. The SMILES string of the molecule is COc1ccc(CCC(=O)Nc2cc(Cl)ccc2O)cc1OC. The third-order valence-corrected chi connectivity index (χ3v) is 3.56. The second-order valence-electron chi connectivity index (χ2n) is 4.90. The number of anilines is 1. The first kappa shape index (κ1) is 17.0. The minimum absolute atomic E-state index is 0.0196. The lowest BCUT2D eigenvalue weighted by Gasteiger charge is -2.10. The molecule has 2 aromatic rings. The topological polar surface area (TPSA) is 67.8 Å². The van der Waals surface area contributed by atoms with Gasteiger partial charge in [-0.2, -0.15) is 0 Å². The summed E-state index contributed by atoms with van der Waals surface area (Å²) in [6.45, 7) is 0. The van der Waals surface area contributed by atoms with Gasteiger partial charge >= 0.3 is 0 Å². The lowest BCUT2D eigenvalue weighted by molar-refractivity contribution is -0.116. The Kier molecular flexibility index (Phi) is 5.71. The van der Waals surface area contributed by atoms with Crippen LogP contribution in [0.25, 0.3) is 0 Å². The fraction of sp³-hybridized carbons (Fsp3) is 0.235. The first-order valence-corrected chi connectivity index (χ1v) is 7.40. The quantitative estimate of drug-likeness (QED) is 0.791. The molecule has 0 radical (unpaired) electrons. The second kappa shape index (κ2) is 7.74. The summed E-state index contributed by atoms with van der Waals surface area (Å²) >= 11 is 5.85. The summed E-state index contributed by atoms with van der Waals surface area (Å²) in [5, 5.41) is 12.8. The predicted molar refractivity (Wildman–Crippen MR) is 89.6 cm³/mol. The van der Waals surface area contributed by atoms with E-state index in [0.29, 0.717) is 28.6 Å². The summed E-state index contributed by atoms with van der Waals surface area (Å²) in [5.41, 5.74) is 1.25. The molecule has 0 heterocycles. The molecule has 2 aromatic carbocycles. The minimum Gasteiger partial charge on any atom is -0.506 e. The number of phenols is 1. The molecule has 6 heteroatoms. The summed E-state index contributed by atoms with van der Waals surface area (Å²) in [7, 11) is 3.14. The molecule has 0 aliphatic carbocycles. The molecular formula is C17H18ClNO4. The molecule has 23 heavy (non-hydrogen) atoms. The number of carbonyl (C=O) groups excluding carboxylic acids is 1. The van der Waals surface area contributed by atoms with Gasteiger partial charge in [0.05, 0.1) is 19.9 Å². The lowest BCUT2D eigenvalue weighted by Crippen LogP contribution is -2.12. The lowest BCUT2D eigenvalue weighted by atomic mass is 10.1. The fourth-order valence-corrected chi connectivity index (χ4v) is 2.29. The Bertz CT molecular complexity index is 703. The highest BCUT2D eigenvalue weighted by molar-refractivity contribution is 6.31. The van der Waals surface area contributed by atoms with Crippen molar-refractivity contribution in [2.75, 3.05) is 19.5 Å².